The van der Waals surface area contributed by atoms with E-state index in [4.69, 9.17) is 11.6 Å². The maximum absolute atomic E-state index is 12.1. The Labute approximate surface area is 128 Å². The molecule has 0 radical (unpaired) electrons. The Morgan fingerprint density at radius 2 is 2.05 bits per heavy atom. The summed E-state index contributed by atoms with van der Waals surface area (Å²) in [4.78, 5) is 28.0. The van der Waals surface area contributed by atoms with Crippen LogP contribution in [0.3, 0.4) is 0 Å². The highest BCUT2D eigenvalue weighted by atomic mass is 79.9. The summed E-state index contributed by atoms with van der Waals surface area (Å²) in [5.74, 6) is -0.311. The molecule has 1 amide bonds. The van der Waals surface area contributed by atoms with Crippen LogP contribution in [-0.4, -0.2) is 15.5 Å². The van der Waals surface area contributed by atoms with Gasteiger partial charge in [-0.15, -0.1) is 0 Å². The third-order valence-electron chi connectivity index (χ3n) is 2.74. The quantitative estimate of drug-likeness (QED) is 0.860. The van der Waals surface area contributed by atoms with Gasteiger partial charge in [0, 0.05) is 5.69 Å². The van der Waals surface area contributed by atoms with Gasteiger partial charge in [0.1, 0.15) is 10.5 Å². The number of amides is 1. The molecule has 1 N–H and O–H groups in total. The monoisotopic (exact) mass is 355 g/mol. The molecule has 1 aromatic heterocycles. The van der Waals surface area contributed by atoms with Gasteiger partial charge < -0.3 is 5.32 Å². The fourth-order valence-electron chi connectivity index (χ4n) is 1.59. The van der Waals surface area contributed by atoms with E-state index in [1.807, 2.05) is 18.2 Å². The lowest BCUT2D eigenvalue weighted by atomic mass is 10.2. The molecule has 0 saturated carbocycles. The number of carbonyl (C=O) groups excluding carboxylic acids is 1. The summed E-state index contributed by atoms with van der Waals surface area (Å²) in [6, 6.07) is 8.31. The van der Waals surface area contributed by atoms with Gasteiger partial charge in [-0.25, -0.2) is 4.98 Å². The van der Waals surface area contributed by atoms with E-state index in [1.54, 1.807) is 19.1 Å². The lowest BCUT2D eigenvalue weighted by Gasteiger charge is -2.15. The average Bonchev–Trinajstić information content (AvgIpc) is 2.45. The standard InChI is InChI=1S/C13H11BrClN3O2/c1-8(12(19)17-9-5-3-2-4-6-9)18-7-16-11(15)10(14)13(18)20/h2-8H,1H3,(H,17,19). The molecule has 0 aliphatic rings. The third-order valence-corrected chi connectivity index (χ3v) is 3.97. The molecule has 0 saturated heterocycles. The van der Waals surface area contributed by atoms with Crippen LogP contribution in [-0.2, 0) is 4.79 Å². The summed E-state index contributed by atoms with van der Waals surface area (Å²) < 4.78 is 1.36. The maximum atomic E-state index is 12.1. The fourth-order valence-corrected chi connectivity index (χ4v) is 2.03. The van der Waals surface area contributed by atoms with Gasteiger partial charge in [-0.3, -0.25) is 14.2 Å². The van der Waals surface area contributed by atoms with Crippen molar-refractivity contribution >= 4 is 39.1 Å². The first-order chi connectivity index (χ1) is 9.50. The highest BCUT2D eigenvalue weighted by molar-refractivity contribution is 9.10. The van der Waals surface area contributed by atoms with Crippen molar-refractivity contribution in [2.24, 2.45) is 0 Å². The van der Waals surface area contributed by atoms with Crippen LogP contribution in [0.2, 0.25) is 5.15 Å². The summed E-state index contributed by atoms with van der Waals surface area (Å²) in [6.07, 6.45) is 1.25. The van der Waals surface area contributed by atoms with Crippen LogP contribution >= 0.6 is 27.5 Å². The average molecular weight is 357 g/mol. The van der Waals surface area contributed by atoms with E-state index in [0.717, 1.165) is 0 Å². The largest absolute Gasteiger partial charge is 0.324 e. The van der Waals surface area contributed by atoms with Crippen LogP contribution in [0.4, 0.5) is 5.69 Å². The SMILES string of the molecule is CC(C(=O)Nc1ccccc1)n1cnc(Cl)c(Br)c1=O. The summed E-state index contributed by atoms with van der Waals surface area (Å²) in [6.45, 7) is 1.61. The Bertz CT molecular complexity index is 688. The van der Waals surface area contributed by atoms with Gasteiger partial charge in [0.2, 0.25) is 5.91 Å². The zero-order chi connectivity index (χ0) is 14.7. The van der Waals surface area contributed by atoms with Crippen molar-refractivity contribution < 1.29 is 4.79 Å². The van der Waals surface area contributed by atoms with Crippen molar-refractivity contribution in [3.63, 3.8) is 0 Å². The number of hydrogen-bond donors (Lipinski definition) is 1. The molecule has 2 rings (SSSR count). The second-order valence-electron chi connectivity index (χ2n) is 4.09. The molecular formula is C13H11BrClN3O2. The molecule has 2 aromatic rings. The number of nitrogens with zero attached hydrogens (tertiary/aromatic N) is 2. The molecule has 1 unspecified atom stereocenters. The minimum absolute atomic E-state index is 0.0712. The summed E-state index contributed by atoms with van der Waals surface area (Å²) in [5, 5.41) is 2.80. The van der Waals surface area contributed by atoms with Crippen molar-refractivity contribution in [2.45, 2.75) is 13.0 Å². The number of halogens is 2. The highest BCUT2D eigenvalue weighted by Crippen LogP contribution is 2.16. The molecule has 0 aliphatic carbocycles. The van der Waals surface area contributed by atoms with Gasteiger partial charge in [-0.1, -0.05) is 29.8 Å². The highest BCUT2D eigenvalue weighted by Gasteiger charge is 2.18. The summed E-state index contributed by atoms with van der Waals surface area (Å²) in [5.41, 5.74) is 0.263. The number of anilines is 1. The first-order valence-electron chi connectivity index (χ1n) is 5.78. The molecule has 1 aromatic carbocycles. The molecule has 1 atom stereocenters. The van der Waals surface area contributed by atoms with Crippen LogP contribution in [0, 0.1) is 0 Å². The zero-order valence-electron chi connectivity index (χ0n) is 10.5. The van der Waals surface area contributed by atoms with Crippen LogP contribution in [0.5, 0.6) is 0 Å². The summed E-state index contributed by atoms with van der Waals surface area (Å²) in [7, 11) is 0. The van der Waals surface area contributed by atoms with Crippen molar-refractivity contribution in [3.05, 3.63) is 56.6 Å². The van der Waals surface area contributed by atoms with Crippen molar-refractivity contribution in [2.75, 3.05) is 5.32 Å². The fraction of sp³-hybridized carbons (Fsp3) is 0.154. The Hall–Kier alpha value is -1.66. The first-order valence-corrected chi connectivity index (χ1v) is 6.96. The van der Waals surface area contributed by atoms with Gasteiger partial charge in [0.25, 0.3) is 5.56 Å². The Morgan fingerprint density at radius 1 is 1.40 bits per heavy atom. The molecule has 0 bridgehead atoms. The molecule has 1 heterocycles. The van der Waals surface area contributed by atoms with E-state index >= 15 is 0 Å². The molecule has 0 aliphatic heterocycles. The molecule has 0 spiro atoms. The topological polar surface area (TPSA) is 64.0 Å². The second kappa shape index (κ2) is 6.19. The number of aromatic nitrogens is 2. The van der Waals surface area contributed by atoms with Crippen molar-refractivity contribution in [1.29, 1.82) is 0 Å². The predicted molar refractivity (Wildman–Crippen MR) is 81.0 cm³/mol. The maximum Gasteiger partial charge on any atom is 0.269 e. The molecule has 0 fully saturated rings. The number of para-hydroxylation sites is 1. The van der Waals surface area contributed by atoms with Crippen LogP contribution in [0.25, 0.3) is 0 Å². The van der Waals surface area contributed by atoms with Gasteiger partial charge in [-0.05, 0) is 35.0 Å². The number of rotatable bonds is 3. The molecule has 7 heteroatoms. The normalized spacial score (nSPS) is 11.9. The first kappa shape index (κ1) is 14.7. The van der Waals surface area contributed by atoms with E-state index in [0.29, 0.717) is 5.69 Å². The lowest BCUT2D eigenvalue weighted by Crippen LogP contribution is -2.32. The van der Waals surface area contributed by atoms with E-state index < -0.39 is 11.6 Å². The Kier molecular flexibility index (Phi) is 4.57. The van der Waals surface area contributed by atoms with Gasteiger partial charge in [0.15, 0.2) is 5.15 Å². The van der Waals surface area contributed by atoms with Crippen molar-refractivity contribution in [3.8, 4) is 0 Å². The minimum atomic E-state index is -0.705. The third kappa shape index (κ3) is 3.08. The van der Waals surface area contributed by atoms with Crippen LogP contribution < -0.4 is 10.9 Å². The Morgan fingerprint density at radius 3 is 2.70 bits per heavy atom. The Balaban J connectivity index is 2.24. The molecule has 5 nitrogen and oxygen atoms in total. The minimum Gasteiger partial charge on any atom is -0.324 e. The van der Waals surface area contributed by atoms with Gasteiger partial charge in [-0.2, -0.15) is 0 Å². The van der Waals surface area contributed by atoms with E-state index in [2.05, 4.69) is 26.2 Å². The van der Waals surface area contributed by atoms with Crippen LogP contribution in [0.15, 0.2) is 45.9 Å². The van der Waals surface area contributed by atoms with E-state index in [9.17, 15) is 9.59 Å². The van der Waals surface area contributed by atoms with Crippen LogP contribution in [0.1, 0.15) is 13.0 Å². The van der Waals surface area contributed by atoms with E-state index in [1.165, 1.54) is 10.9 Å². The number of benzene rings is 1. The van der Waals surface area contributed by atoms with Gasteiger partial charge in [0.05, 0.1) is 6.33 Å². The number of nitrogens with one attached hydrogen (secondary N) is 1. The molecule has 104 valence electrons. The lowest BCUT2D eigenvalue weighted by molar-refractivity contribution is -0.118. The molecule has 20 heavy (non-hydrogen) atoms. The predicted octanol–water partition coefficient (Wildman–Crippen LogP) is 2.86. The smallest absolute Gasteiger partial charge is 0.269 e. The summed E-state index contributed by atoms with van der Waals surface area (Å²) >= 11 is 8.78. The van der Waals surface area contributed by atoms with E-state index in [-0.39, 0.29) is 15.5 Å². The number of hydrogen-bond acceptors (Lipinski definition) is 3. The van der Waals surface area contributed by atoms with Gasteiger partial charge >= 0.3 is 0 Å². The zero-order valence-corrected chi connectivity index (χ0v) is 12.9. The molecular weight excluding hydrogens is 346 g/mol. The second-order valence-corrected chi connectivity index (χ2v) is 5.24. The van der Waals surface area contributed by atoms with Crippen molar-refractivity contribution in [1.82, 2.24) is 9.55 Å². The number of carbonyl (C=O) groups is 1.